The minimum atomic E-state index is 0.593. The van der Waals surface area contributed by atoms with Gasteiger partial charge in [0.15, 0.2) is 11.5 Å². The first kappa shape index (κ1) is 19.3. The molecule has 0 bridgehead atoms. The number of hydrogen-bond acceptors (Lipinski definition) is 7. The van der Waals surface area contributed by atoms with E-state index in [-0.39, 0.29) is 0 Å². The Bertz CT molecular complexity index is 947. The molecule has 0 aliphatic rings. The molecule has 146 valence electrons. The number of benzene rings is 2. The zero-order valence-corrected chi connectivity index (χ0v) is 16.4. The van der Waals surface area contributed by atoms with Crippen LogP contribution in [-0.2, 0) is 6.54 Å². The molecule has 0 saturated carbocycles. The minimum Gasteiger partial charge on any atom is -0.497 e. The van der Waals surface area contributed by atoms with E-state index in [1.807, 2.05) is 55.5 Å². The van der Waals surface area contributed by atoms with E-state index >= 15 is 0 Å². The molecule has 0 radical (unpaired) electrons. The highest BCUT2D eigenvalue weighted by Crippen LogP contribution is 2.28. The van der Waals surface area contributed by atoms with Crippen LogP contribution in [0.4, 0.5) is 17.3 Å². The average Bonchev–Trinajstić information content (AvgIpc) is 2.71. The lowest BCUT2D eigenvalue weighted by molar-refractivity contribution is 0.354. The normalized spacial score (nSPS) is 10.3. The van der Waals surface area contributed by atoms with Crippen LogP contribution in [-0.4, -0.2) is 31.3 Å². The fourth-order valence-corrected chi connectivity index (χ4v) is 2.75. The minimum absolute atomic E-state index is 0.593. The zero-order valence-electron chi connectivity index (χ0n) is 16.4. The van der Waals surface area contributed by atoms with Crippen LogP contribution in [0.15, 0.2) is 48.5 Å². The van der Waals surface area contributed by atoms with E-state index in [0.29, 0.717) is 29.7 Å². The molecule has 0 saturated heterocycles. The largest absolute Gasteiger partial charge is 0.497 e. The number of methoxy groups -OCH3 is 3. The molecule has 3 rings (SSSR count). The van der Waals surface area contributed by atoms with Gasteiger partial charge in [-0.3, -0.25) is 0 Å². The van der Waals surface area contributed by atoms with Crippen molar-refractivity contribution in [3.8, 4) is 17.2 Å². The maximum absolute atomic E-state index is 5.35. The summed E-state index contributed by atoms with van der Waals surface area (Å²) >= 11 is 0. The van der Waals surface area contributed by atoms with E-state index in [4.69, 9.17) is 14.2 Å². The van der Waals surface area contributed by atoms with Crippen LogP contribution in [0.3, 0.4) is 0 Å². The summed E-state index contributed by atoms with van der Waals surface area (Å²) in [6.07, 6.45) is 0. The van der Waals surface area contributed by atoms with E-state index in [1.165, 1.54) is 0 Å². The van der Waals surface area contributed by atoms with Crippen LogP contribution in [0.5, 0.6) is 17.2 Å². The van der Waals surface area contributed by atoms with Gasteiger partial charge in [0.1, 0.15) is 23.2 Å². The zero-order chi connectivity index (χ0) is 19.9. The Hall–Kier alpha value is -3.48. The Labute approximate surface area is 164 Å². The molecule has 1 aromatic heterocycles. The Morgan fingerprint density at radius 2 is 1.61 bits per heavy atom. The molecule has 0 spiro atoms. The van der Waals surface area contributed by atoms with Crippen LogP contribution in [0.1, 0.15) is 11.4 Å². The number of anilines is 3. The Balaban J connectivity index is 1.72. The summed E-state index contributed by atoms with van der Waals surface area (Å²) in [5.74, 6) is 4.28. The van der Waals surface area contributed by atoms with Gasteiger partial charge in [0.2, 0.25) is 0 Å². The Kier molecular flexibility index (Phi) is 6.16. The van der Waals surface area contributed by atoms with Crippen molar-refractivity contribution in [2.24, 2.45) is 0 Å². The van der Waals surface area contributed by atoms with Crippen molar-refractivity contribution >= 4 is 17.3 Å². The molecule has 0 amide bonds. The fraction of sp³-hybridized carbons (Fsp3) is 0.238. The van der Waals surface area contributed by atoms with Gasteiger partial charge in [0.05, 0.1) is 21.3 Å². The highest BCUT2D eigenvalue weighted by atomic mass is 16.5. The monoisotopic (exact) mass is 380 g/mol. The molecule has 0 fully saturated rings. The van der Waals surface area contributed by atoms with Gasteiger partial charge in [-0.15, -0.1) is 0 Å². The highest BCUT2D eigenvalue weighted by Gasteiger charge is 2.07. The van der Waals surface area contributed by atoms with E-state index in [2.05, 4.69) is 20.6 Å². The first-order chi connectivity index (χ1) is 13.6. The number of nitrogens with one attached hydrogen (secondary N) is 2. The number of rotatable bonds is 8. The van der Waals surface area contributed by atoms with E-state index in [1.54, 1.807) is 21.3 Å². The van der Waals surface area contributed by atoms with Gasteiger partial charge in [-0.05, 0) is 36.8 Å². The lowest BCUT2D eigenvalue weighted by Crippen LogP contribution is -2.05. The average molecular weight is 380 g/mol. The summed E-state index contributed by atoms with van der Waals surface area (Å²) in [7, 11) is 4.89. The SMILES string of the molecule is COc1cccc(Nc2cc(NCc3ccc(OC)c(OC)c3)nc(C)n2)c1. The van der Waals surface area contributed by atoms with Crippen molar-refractivity contribution in [3.63, 3.8) is 0 Å². The molecule has 0 aliphatic heterocycles. The molecule has 1 heterocycles. The topological polar surface area (TPSA) is 77.5 Å². The summed E-state index contributed by atoms with van der Waals surface area (Å²) in [5, 5.41) is 6.61. The molecule has 0 aliphatic carbocycles. The third-order valence-electron chi connectivity index (χ3n) is 4.10. The van der Waals surface area contributed by atoms with E-state index < -0.39 is 0 Å². The van der Waals surface area contributed by atoms with Crippen LogP contribution in [0, 0.1) is 6.92 Å². The van der Waals surface area contributed by atoms with Gasteiger partial charge >= 0.3 is 0 Å². The van der Waals surface area contributed by atoms with Crippen molar-refractivity contribution in [3.05, 3.63) is 59.9 Å². The maximum atomic E-state index is 5.35. The van der Waals surface area contributed by atoms with Gasteiger partial charge in [-0.25, -0.2) is 9.97 Å². The summed E-state index contributed by atoms with van der Waals surface area (Å²) in [4.78, 5) is 8.91. The number of nitrogens with zero attached hydrogens (tertiary/aromatic N) is 2. The quantitative estimate of drug-likeness (QED) is 0.607. The molecule has 0 atom stereocenters. The number of aromatic nitrogens is 2. The molecule has 3 aromatic rings. The maximum Gasteiger partial charge on any atom is 0.161 e. The predicted octanol–water partition coefficient (Wildman–Crippen LogP) is 4.17. The van der Waals surface area contributed by atoms with Gasteiger partial charge in [0, 0.05) is 24.4 Å². The summed E-state index contributed by atoms with van der Waals surface area (Å²) in [6, 6.07) is 15.4. The Morgan fingerprint density at radius 3 is 2.36 bits per heavy atom. The van der Waals surface area contributed by atoms with Gasteiger partial charge in [-0.2, -0.15) is 0 Å². The van der Waals surface area contributed by atoms with Crippen molar-refractivity contribution in [1.29, 1.82) is 0 Å². The van der Waals surface area contributed by atoms with Gasteiger partial charge < -0.3 is 24.8 Å². The fourth-order valence-electron chi connectivity index (χ4n) is 2.75. The van der Waals surface area contributed by atoms with Gasteiger partial charge in [-0.1, -0.05) is 12.1 Å². The number of aryl methyl sites for hydroxylation is 1. The molecular formula is C21H24N4O3. The standard InChI is InChI=1S/C21H24N4O3/c1-14-23-20(22-13-15-8-9-18(27-3)19(10-15)28-4)12-21(24-14)25-16-6-5-7-17(11-16)26-2/h5-12H,13H2,1-4H3,(H2,22,23,24,25). The van der Waals surface area contributed by atoms with Gasteiger partial charge in [0.25, 0.3) is 0 Å². The molecule has 2 N–H and O–H groups in total. The van der Waals surface area contributed by atoms with E-state index in [9.17, 15) is 0 Å². The number of ether oxygens (including phenoxy) is 3. The first-order valence-electron chi connectivity index (χ1n) is 8.83. The molecule has 7 nitrogen and oxygen atoms in total. The summed E-state index contributed by atoms with van der Waals surface area (Å²) in [5.41, 5.74) is 1.94. The molecule has 7 heteroatoms. The van der Waals surface area contributed by atoms with Crippen LogP contribution in [0.2, 0.25) is 0 Å². The van der Waals surface area contributed by atoms with Crippen molar-refractivity contribution in [2.45, 2.75) is 13.5 Å². The van der Waals surface area contributed by atoms with Crippen LogP contribution < -0.4 is 24.8 Å². The third-order valence-corrected chi connectivity index (χ3v) is 4.10. The first-order valence-corrected chi connectivity index (χ1v) is 8.83. The summed E-state index contributed by atoms with van der Waals surface area (Å²) < 4.78 is 15.9. The van der Waals surface area contributed by atoms with Crippen molar-refractivity contribution < 1.29 is 14.2 Å². The van der Waals surface area contributed by atoms with Crippen LogP contribution in [0.25, 0.3) is 0 Å². The lowest BCUT2D eigenvalue weighted by Gasteiger charge is -2.12. The number of hydrogen-bond donors (Lipinski definition) is 2. The smallest absolute Gasteiger partial charge is 0.161 e. The lowest BCUT2D eigenvalue weighted by atomic mass is 10.2. The molecule has 0 unspecified atom stereocenters. The second-order valence-electron chi connectivity index (χ2n) is 6.09. The van der Waals surface area contributed by atoms with Crippen LogP contribution >= 0.6 is 0 Å². The predicted molar refractivity (Wildman–Crippen MR) is 110 cm³/mol. The molecule has 2 aromatic carbocycles. The highest BCUT2D eigenvalue weighted by molar-refractivity contribution is 5.60. The van der Waals surface area contributed by atoms with Crippen molar-refractivity contribution in [2.75, 3.05) is 32.0 Å². The third kappa shape index (κ3) is 4.82. The Morgan fingerprint density at radius 1 is 0.821 bits per heavy atom. The molecular weight excluding hydrogens is 356 g/mol. The second-order valence-corrected chi connectivity index (χ2v) is 6.09. The molecule has 28 heavy (non-hydrogen) atoms. The second kappa shape index (κ2) is 8.94. The summed E-state index contributed by atoms with van der Waals surface area (Å²) in [6.45, 7) is 2.45. The van der Waals surface area contributed by atoms with Crippen molar-refractivity contribution in [1.82, 2.24) is 9.97 Å². The van der Waals surface area contributed by atoms with E-state index in [0.717, 1.165) is 22.8 Å².